The monoisotopic (exact) mass is 669 g/mol. The van der Waals surface area contributed by atoms with Gasteiger partial charge in [0.05, 0.1) is 6.61 Å². The topological polar surface area (TPSA) is 154 Å². The van der Waals surface area contributed by atoms with Gasteiger partial charge in [0.25, 0.3) is 0 Å². The lowest BCUT2D eigenvalue weighted by Gasteiger charge is -2.39. The summed E-state index contributed by atoms with van der Waals surface area (Å²) in [6.45, 7) is 17.0. The van der Waals surface area contributed by atoms with Crippen molar-refractivity contribution in [1.82, 2.24) is 15.5 Å². The standard InChI is InChI=1S/C37H55N3O8/c1-23(2)16-17-25(4)40(33(44)29(22-41)39-35(46)48-37(8,9)10)31(27-18-19-30(42)24(3)20-27)32(43)38-28(34(45)47-36(5,6)7)21-26-14-12-11-13-15-26/h11-15,18-20,23,25,28-29,31,41-42H,16-17,21-22H2,1-10H3,(H,38,43)(H,39,46). The van der Waals surface area contributed by atoms with Crippen molar-refractivity contribution < 1.29 is 38.9 Å². The Morgan fingerprint density at radius 2 is 1.44 bits per heavy atom. The lowest BCUT2D eigenvalue weighted by atomic mass is 9.95. The van der Waals surface area contributed by atoms with Crippen molar-refractivity contribution in [3.63, 3.8) is 0 Å². The molecule has 2 aromatic carbocycles. The first kappa shape index (κ1) is 40.1. The molecule has 0 aliphatic carbocycles. The molecule has 4 unspecified atom stereocenters. The van der Waals surface area contributed by atoms with Gasteiger partial charge in [-0.3, -0.25) is 9.59 Å². The number of aliphatic hydroxyl groups is 1. The molecule has 4 atom stereocenters. The summed E-state index contributed by atoms with van der Waals surface area (Å²) in [5.41, 5.74) is -0.0843. The summed E-state index contributed by atoms with van der Waals surface area (Å²) in [7, 11) is 0. The van der Waals surface area contributed by atoms with Gasteiger partial charge in [-0.05, 0) is 103 Å². The van der Waals surface area contributed by atoms with Gasteiger partial charge in [-0.25, -0.2) is 9.59 Å². The van der Waals surface area contributed by atoms with Crippen LogP contribution in [0.1, 0.15) is 97.9 Å². The van der Waals surface area contributed by atoms with E-state index >= 15 is 0 Å². The van der Waals surface area contributed by atoms with Crippen LogP contribution in [-0.4, -0.2) is 74.9 Å². The number of aromatic hydroxyl groups is 1. The molecule has 0 aliphatic rings. The molecule has 0 radical (unpaired) electrons. The van der Waals surface area contributed by atoms with Crippen LogP contribution < -0.4 is 10.6 Å². The average molecular weight is 670 g/mol. The van der Waals surface area contributed by atoms with Gasteiger partial charge < -0.3 is 35.2 Å². The number of hydrogen-bond acceptors (Lipinski definition) is 8. The number of phenolic OH excluding ortho intramolecular Hbond substituents is 1. The van der Waals surface area contributed by atoms with Crippen LogP contribution in [0.2, 0.25) is 0 Å². The summed E-state index contributed by atoms with van der Waals surface area (Å²) in [5.74, 6) is -1.76. The summed E-state index contributed by atoms with van der Waals surface area (Å²) in [6.07, 6.45) is 0.429. The van der Waals surface area contributed by atoms with Gasteiger partial charge >= 0.3 is 12.1 Å². The zero-order chi connectivity index (χ0) is 36.4. The molecule has 4 N–H and O–H groups in total. The molecule has 0 saturated carbocycles. The van der Waals surface area contributed by atoms with Crippen molar-refractivity contribution in [2.75, 3.05) is 6.61 Å². The van der Waals surface area contributed by atoms with E-state index in [1.807, 2.05) is 44.2 Å². The third-order valence-electron chi connectivity index (χ3n) is 7.42. The largest absolute Gasteiger partial charge is 0.508 e. The Morgan fingerprint density at radius 3 is 1.96 bits per heavy atom. The van der Waals surface area contributed by atoms with Crippen molar-refractivity contribution >= 4 is 23.9 Å². The second-order valence-electron chi connectivity index (χ2n) is 14.7. The maximum absolute atomic E-state index is 14.6. The third-order valence-corrected chi connectivity index (χ3v) is 7.42. The third kappa shape index (κ3) is 12.8. The molecule has 0 fully saturated rings. The molecular formula is C37H55N3O8. The number of benzene rings is 2. The maximum Gasteiger partial charge on any atom is 0.408 e. The molecule has 2 aromatic rings. The number of amides is 3. The molecule has 48 heavy (non-hydrogen) atoms. The molecule has 0 aromatic heterocycles. The fraction of sp³-hybridized carbons (Fsp3) is 0.568. The Hall–Kier alpha value is -4.12. The van der Waals surface area contributed by atoms with Crippen molar-refractivity contribution in [2.24, 2.45) is 5.92 Å². The first-order valence-electron chi connectivity index (χ1n) is 16.5. The van der Waals surface area contributed by atoms with E-state index in [2.05, 4.69) is 10.6 Å². The summed E-state index contributed by atoms with van der Waals surface area (Å²) >= 11 is 0. The van der Waals surface area contributed by atoms with E-state index in [4.69, 9.17) is 9.47 Å². The Balaban J connectivity index is 2.69. The quantitative estimate of drug-likeness (QED) is 0.196. The number of alkyl carbamates (subject to hydrolysis) is 1. The summed E-state index contributed by atoms with van der Waals surface area (Å²) in [4.78, 5) is 56.6. The van der Waals surface area contributed by atoms with Crippen molar-refractivity contribution in [1.29, 1.82) is 0 Å². The Kier molecular flexibility index (Phi) is 14.5. The fourth-order valence-electron chi connectivity index (χ4n) is 5.08. The minimum Gasteiger partial charge on any atom is -0.508 e. The van der Waals surface area contributed by atoms with Crippen LogP contribution in [0.4, 0.5) is 4.79 Å². The molecule has 0 heterocycles. The number of phenols is 1. The Bertz CT molecular complexity index is 1380. The number of nitrogens with one attached hydrogen (secondary N) is 2. The number of ether oxygens (including phenoxy) is 2. The highest BCUT2D eigenvalue weighted by Gasteiger charge is 2.40. The first-order chi connectivity index (χ1) is 22.2. The van der Waals surface area contributed by atoms with Gasteiger partial charge in [0.1, 0.15) is 35.1 Å². The van der Waals surface area contributed by atoms with Crippen molar-refractivity contribution in [3.8, 4) is 5.75 Å². The predicted octanol–water partition coefficient (Wildman–Crippen LogP) is 5.35. The van der Waals surface area contributed by atoms with E-state index in [1.165, 1.54) is 17.0 Å². The number of rotatable bonds is 14. The van der Waals surface area contributed by atoms with Crippen LogP contribution in [0.15, 0.2) is 48.5 Å². The van der Waals surface area contributed by atoms with Crippen molar-refractivity contribution in [2.45, 2.75) is 124 Å². The highest BCUT2D eigenvalue weighted by molar-refractivity contribution is 5.94. The van der Waals surface area contributed by atoms with Crippen LogP contribution in [0, 0.1) is 12.8 Å². The molecule has 11 heteroatoms. The smallest absolute Gasteiger partial charge is 0.408 e. The number of nitrogens with zero attached hydrogens (tertiary/aromatic N) is 1. The second kappa shape index (κ2) is 17.3. The van der Waals surface area contributed by atoms with Gasteiger partial charge in [-0.2, -0.15) is 0 Å². The molecular weight excluding hydrogens is 614 g/mol. The van der Waals surface area contributed by atoms with Gasteiger partial charge in [-0.15, -0.1) is 0 Å². The lowest BCUT2D eigenvalue weighted by molar-refractivity contribution is -0.159. The minimum atomic E-state index is -1.44. The van der Waals surface area contributed by atoms with Crippen molar-refractivity contribution in [3.05, 3.63) is 65.2 Å². The van der Waals surface area contributed by atoms with Crippen LogP contribution >= 0.6 is 0 Å². The summed E-state index contributed by atoms with van der Waals surface area (Å²) < 4.78 is 11.0. The number of aryl methyl sites for hydroxylation is 1. The normalized spacial score (nSPS) is 14.3. The highest BCUT2D eigenvalue weighted by atomic mass is 16.6. The molecule has 0 saturated heterocycles. The second-order valence-corrected chi connectivity index (χ2v) is 14.7. The molecule has 2 rings (SSSR count). The fourth-order valence-corrected chi connectivity index (χ4v) is 5.08. The molecule has 3 amide bonds. The van der Waals surface area contributed by atoms with E-state index in [-0.39, 0.29) is 18.1 Å². The van der Waals surface area contributed by atoms with Gasteiger partial charge in [0.2, 0.25) is 11.8 Å². The summed E-state index contributed by atoms with van der Waals surface area (Å²) in [6, 6.07) is 9.30. The van der Waals surface area contributed by atoms with E-state index in [9.17, 15) is 29.4 Å². The maximum atomic E-state index is 14.6. The molecule has 266 valence electrons. The highest BCUT2D eigenvalue weighted by Crippen LogP contribution is 2.30. The predicted molar refractivity (Wildman–Crippen MR) is 184 cm³/mol. The van der Waals surface area contributed by atoms with Gasteiger partial charge in [0.15, 0.2) is 0 Å². The summed E-state index contributed by atoms with van der Waals surface area (Å²) in [5, 5.41) is 26.0. The number of carbonyl (C=O) groups excluding carboxylic acids is 4. The number of aliphatic hydroxyl groups excluding tert-OH is 1. The van der Waals surface area contributed by atoms with Gasteiger partial charge in [0, 0.05) is 12.5 Å². The van der Waals surface area contributed by atoms with E-state index < -0.39 is 65.9 Å². The van der Waals surface area contributed by atoms with Gasteiger partial charge in [-0.1, -0.05) is 50.2 Å². The van der Waals surface area contributed by atoms with E-state index in [0.29, 0.717) is 24.0 Å². The molecule has 0 aliphatic heterocycles. The molecule has 11 nitrogen and oxygen atoms in total. The number of hydrogen-bond donors (Lipinski definition) is 4. The van der Waals surface area contributed by atoms with E-state index in [1.54, 1.807) is 61.5 Å². The molecule has 0 bridgehead atoms. The first-order valence-corrected chi connectivity index (χ1v) is 16.5. The number of esters is 1. The van der Waals surface area contributed by atoms with Crippen LogP contribution in [0.25, 0.3) is 0 Å². The lowest BCUT2D eigenvalue weighted by Crippen LogP contribution is -2.58. The van der Waals surface area contributed by atoms with Crippen LogP contribution in [0.5, 0.6) is 5.75 Å². The average Bonchev–Trinajstić information content (AvgIpc) is 2.96. The minimum absolute atomic E-state index is 0.000762. The van der Waals surface area contributed by atoms with Crippen LogP contribution in [0.3, 0.4) is 0 Å². The Labute approximate surface area is 285 Å². The number of carbonyl (C=O) groups is 4. The van der Waals surface area contributed by atoms with Crippen LogP contribution in [-0.2, 0) is 30.3 Å². The Morgan fingerprint density at radius 1 is 0.833 bits per heavy atom. The molecule has 0 spiro atoms. The zero-order valence-corrected chi connectivity index (χ0v) is 30.1. The van der Waals surface area contributed by atoms with E-state index in [0.717, 1.165) is 5.56 Å². The zero-order valence-electron chi connectivity index (χ0n) is 30.1. The SMILES string of the molecule is Cc1cc(C(C(=O)NC(Cc2ccccc2)C(=O)OC(C)(C)C)N(C(=O)C(CO)NC(=O)OC(C)(C)C)C(C)CCC(C)C)ccc1O.